The molecule has 0 aliphatic heterocycles. The van der Waals surface area contributed by atoms with Crippen LogP contribution in [0.15, 0.2) is 66.4 Å². The maximum atomic E-state index is 11.9. The molecular formula is C17H15N3O2. The van der Waals surface area contributed by atoms with Gasteiger partial charge in [0.25, 0.3) is 5.91 Å². The van der Waals surface area contributed by atoms with Crippen LogP contribution in [0, 0.1) is 11.3 Å². The summed E-state index contributed by atoms with van der Waals surface area (Å²) in [6.07, 6.45) is 1.34. The molecule has 2 rings (SSSR count). The number of carbonyl (C=O) groups is 1. The van der Waals surface area contributed by atoms with Crippen LogP contribution < -0.4 is 10.6 Å². The van der Waals surface area contributed by atoms with Gasteiger partial charge in [-0.1, -0.05) is 30.3 Å². The van der Waals surface area contributed by atoms with Crippen molar-refractivity contribution in [2.75, 3.05) is 5.32 Å². The summed E-state index contributed by atoms with van der Waals surface area (Å²) in [7, 11) is 0. The number of benzene rings is 2. The largest absolute Gasteiger partial charge is 0.508 e. The van der Waals surface area contributed by atoms with E-state index in [4.69, 9.17) is 5.26 Å². The molecule has 0 atom stereocenters. The van der Waals surface area contributed by atoms with Crippen LogP contribution in [0.5, 0.6) is 5.75 Å². The minimum atomic E-state index is -0.447. The number of phenols is 1. The number of amides is 1. The first-order valence-electron chi connectivity index (χ1n) is 6.67. The van der Waals surface area contributed by atoms with Gasteiger partial charge in [0.2, 0.25) is 0 Å². The second-order valence-electron chi connectivity index (χ2n) is 4.53. The molecular weight excluding hydrogens is 278 g/mol. The van der Waals surface area contributed by atoms with E-state index in [1.807, 2.05) is 36.4 Å². The highest BCUT2D eigenvalue weighted by molar-refractivity contribution is 5.97. The summed E-state index contributed by atoms with van der Waals surface area (Å²) in [4.78, 5) is 11.9. The maximum absolute atomic E-state index is 11.9. The average Bonchev–Trinajstić information content (AvgIpc) is 2.56. The minimum absolute atomic E-state index is 0.0241. The molecule has 5 heteroatoms. The maximum Gasteiger partial charge on any atom is 0.263 e. The highest BCUT2D eigenvalue weighted by Gasteiger charge is 2.08. The molecule has 2 aromatic rings. The SMILES string of the molecule is N#C/C(=C/Nc1ccc(O)cc1)C(=O)NCc1ccccc1. The number of carbonyl (C=O) groups excluding carboxylic acids is 1. The van der Waals surface area contributed by atoms with E-state index in [9.17, 15) is 9.90 Å². The molecule has 2 aromatic carbocycles. The van der Waals surface area contributed by atoms with E-state index in [0.717, 1.165) is 5.56 Å². The molecule has 0 saturated heterocycles. The van der Waals surface area contributed by atoms with Gasteiger partial charge in [0.1, 0.15) is 17.4 Å². The molecule has 0 saturated carbocycles. The van der Waals surface area contributed by atoms with E-state index in [1.54, 1.807) is 12.1 Å². The molecule has 0 heterocycles. The number of nitrogens with one attached hydrogen (secondary N) is 2. The molecule has 0 aliphatic carbocycles. The monoisotopic (exact) mass is 293 g/mol. The fourth-order valence-electron chi connectivity index (χ4n) is 1.74. The third kappa shape index (κ3) is 4.39. The van der Waals surface area contributed by atoms with E-state index in [-0.39, 0.29) is 11.3 Å². The molecule has 22 heavy (non-hydrogen) atoms. The lowest BCUT2D eigenvalue weighted by molar-refractivity contribution is -0.117. The number of nitriles is 1. The predicted octanol–water partition coefficient (Wildman–Crippen LogP) is 2.53. The van der Waals surface area contributed by atoms with E-state index < -0.39 is 5.91 Å². The number of anilines is 1. The number of nitrogens with zero attached hydrogens (tertiary/aromatic N) is 1. The molecule has 0 fully saturated rings. The Morgan fingerprint density at radius 1 is 1.14 bits per heavy atom. The van der Waals surface area contributed by atoms with E-state index in [1.165, 1.54) is 18.3 Å². The van der Waals surface area contributed by atoms with E-state index in [2.05, 4.69) is 10.6 Å². The van der Waals surface area contributed by atoms with Crippen LogP contribution >= 0.6 is 0 Å². The summed E-state index contributed by atoms with van der Waals surface area (Å²) >= 11 is 0. The first-order chi connectivity index (χ1) is 10.7. The lowest BCUT2D eigenvalue weighted by Crippen LogP contribution is -2.24. The number of rotatable bonds is 5. The van der Waals surface area contributed by atoms with Gasteiger partial charge >= 0.3 is 0 Å². The summed E-state index contributed by atoms with van der Waals surface area (Å²) < 4.78 is 0. The molecule has 5 nitrogen and oxygen atoms in total. The van der Waals surface area contributed by atoms with Gasteiger partial charge in [-0.15, -0.1) is 0 Å². The number of phenolic OH excluding ortho intramolecular Hbond substituents is 1. The second kappa shape index (κ2) is 7.50. The van der Waals surface area contributed by atoms with Crippen LogP contribution in [-0.4, -0.2) is 11.0 Å². The summed E-state index contributed by atoms with van der Waals surface area (Å²) in [5.41, 5.74) is 1.60. The van der Waals surface area contributed by atoms with Crippen LogP contribution in [0.4, 0.5) is 5.69 Å². The van der Waals surface area contributed by atoms with Crippen molar-refractivity contribution in [1.82, 2.24) is 5.32 Å². The number of aromatic hydroxyl groups is 1. The standard InChI is InChI=1S/C17H15N3O2/c18-10-14(12-19-15-6-8-16(21)9-7-15)17(22)20-11-13-4-2-1-3-5-13/h1-9,12,19,21H,11H2,(H,20,22)/b14-12-. The van der Waals surface area contributed by atoms with Crippen molar-refractivity contribution < 1.29 is 9.90 Å². The van der Waals surface area contributed by atoms with Gasteiger partial charge in [-0.25, -0.2) is 0 Å². The third-order valence-corrected chi connectivity index (χ3v) is 2.91. The molecule has 3 N–H and O–H groups in total. The smallest absolute Gasteiger partial charge is 0.263 e. The Morgan fingerprint density at radius 2 is 1.82 bits per heavy atom. The molecule has 0 bridgehead atoms. The fourth-order valence-corrected chi connectivity index (χ4v) is 1.74. The van der Waals surface area contributed by atoms with Crippen molar-refractivity contribution in [2.45, 2.75) is 6.54 Å². The molecule has 0 spiro atoms. The van der Waals surface area contributed by atoms with Gasteiger partial charge in [-0.3, -0.25) is 4.79 Å². The zero-order chi connectivity index (χ0) is 15.8. The van der Waals surface area contributed by atoms with Crippen LogP contribution in [0.3, 0.4) is 0 Å². The van der Waals surface area contributed by atoms with Crippen molar-refractivity contribution in [2.24, 2.45) is 0 Å². The van der Waals surface area contributed by atoms with Gasteiger partial charge in [0.05, 0.1) is 0 Å². The Morgan fingerprint density at radius 3 is 2.45 bits per heavy atom. The molecule has 0 aromatic heterocycles. The molecule has 0 unspecified atom stereocenters. The first kappa shape index (κ1) is 15.1. The lowest BCUT2D eigenvalue weighted by atomic mass is 10.2. The quantitative estimate of drug-likeness (QED) is 0.449. The molecule has 110 valence electrons. The molecule has 0 aliphatic rings. The lowest BCUT2D eigenvalue weighted by Gasteiger charge is -2.05. The van der Waals surface area contributed by atoms with E-state index in [0.29, 0.717) is 12.2 Å². The highest BCUT2D eigenvalue weighted by atomic mass is 16.3. The fraction of sp³-hybridized carbons (Fsp3) is 0.0588. The van der Waals surface area contributed by atoms with Crippen molar-refractivity contribution in [3.05, 3.63) is 71.9 Å². The summed E-state index contributed by atoms with van der Waals surface area (Å²) in [5.74, 6) is -0.298. The Hall–Kier alpha value is -3.26. The van der Waals surface area contributed by atoms with Crippen LogP contribution in [0.2, 0.25) is 0 Å². The van der Waals surface area contributed by atoms with Crippen LogP contribution in [-0.2, 0) is 11.3 Å². The van der Waals surface area contributed by atoms with Gasteiger partial charge in [0, 0.05) is 18.4 Å². The predicted molar refractivity (Wildman–Crippen MR) is 83.7 cm³/mol. The summed E-state index contributed by atoms with van der Waals surface area (Å²) in [6, 6.07) is 17.6. The Labute approximate surface area is 128 Å². The van der Waals surface area contributed by atoms with Gasteiger partial charge in [0.15, 0.2) is 0 Å². The van der Waals surface area contributed by atoms with E-state index >= 15 is 0 Å². The third-order valence-electron chi connectivity index (χ3n) is 2.91. The average molecular weight is 293 g/mol. The van der Waals surface area contributed by atoms with Crippen LogP contribution in [0.25, 0.3) is 0 Å². The van der Waals surface area contributed by atoms with Gasteiger partial charge in [-0.2, -0.15) is 5.26 Å². The van der Waals surface area contributed by atoms with Crippen molar-refractivity contribution in [1.29, 1.82) is 5.26 Å². The second-order valence-corrected chi connectivity index (χ2v) is 4.53. The highest BCUT2D eigenvalue weighted by Crippen LogP contribution is 2.13. The summed E-state index contributed by atoms with van der Waals surface area (Å²) in [5, 5.41) is 23.8. The zero-order valence-electron chi connectivity index (χ0n) is 11.8. The Bertz CT molecular complexity index is 701. The first-order valence-corrected chi connectivity index (χ1v) is 6.67. The Balaban J connectivity index is 1.95. The van der Waals surface area contributed by atoms with Gasteiger partial charge < -0.3 is 15.7 Å². The zero-order valence-corrected chi connectivity index (χ0v) is 11.8. The number of hydrogen-bond acceptors (Lipinski definition) is 4. The van der Waals surface area contributed by atoms with Crippen LogP contribution in [0.1, 0.15) is 5.56 Å². The Kier molecular flexibility index (Phi) is 5.16. The molecule has 0 radical (unpaired) electrons. The van der Waals surface area contributed by atoms with Crippen molar-refractivity contribution in [3.8, 4) is 11.8 Å². The van der Waals surface area contributed by atoms with Crippen molar-refractivity contribution in [3.63, 3.8) is 0 Å². The summed E-state index contributed by atoms with van der Waals surface area (Å²) in [6.45, 7) is 0.359. The minimum Gasteiger partial charge on any atom is -0.508 e. The number of hydrogen-bond donors (Lipinski definition) is 3. The normalized spacial score (nSPS) is 10.6. The van der Waals surface area contributed by atoms with Gasteiger partial charge in [-0.05, 0) is 29.8 Å². The molecule has 1 amide bonds. The topological polar surface area (TPSA) is 85.2 Å². The van der Waals surface area contributed by atoms with Crippen molar-refractivity contribution >= 4 is 11.6 Å².